The molecule has 0 amide bonds. The van der Waals surface area contributed by atoms with E-state index in [1.807, 2.05) is 18.2 Å². The normalized spacial score (nSPS) is 16.8. The van der Waals surface area contributed by atoms with E-state index in [1.165, 1.54) is 24.8 Å². The second-order valence-corrected chi connectivity index (χ2v) is 5.78. The predicted molar refractivity (Wildman–Crippen MR) is 80.5 cm³/mol. The summed E-state index contributed by atoms with van der Waals surface area (Å²) in [5.74, 6) is 0.157. The van der Waals surface area contributed by atoms with Crippen molar-refractivity contribution in [2.45, 2.75) is 31.2 Å². The molecule has 2 aromatic carbocycles. The van der Waals surface area contributed by atoms with Crippen molar-refractivity contribution in [1.29, 1.82) is 0 Å². The zero-order chi connectivity index (χ0) is 14.1. The minimum Gasteiger partial charge on any atom is -0.320 e. The molecule has 20 heavy (non-hydrogen) atoms. The summed E-state index contributed by atoms with van der Waals surface area (Å²) in [5, 5.41) is 0.124. The van der Waals surface area contributed by atoms with Crippen LogP contribution in [0, 0.1) is 5.82 Å². The van der Waals surface area contributed by atoms with Gasteiger partial charge in [0.2, 0.25) is 0 Å². The minimum atomic E-state index is -0.467. The molecule has 1 aliphatic rings. The molecule has 2 N–H and O–H groups in total. The van der Waals surface area contributed by atoms with Crippen molar-refractivity contribution in [2.75, 3.05) is 0 Å². The van der Waals surface area contributed by atoms with E-state index < -0.39 is 11.9 Å². The molecule has 1 unspecified atom stereocenters. The molecular formula is C17H17ClFN. The summed E-state index contributed by atoms with van der Waals surface area (Å²) in [6.07, 6.45) is 3.66. The van der Waals surface area contributed by atoms with E-state index >= 15 is 0 Å². The van der Waals surface area contributed by atoms with Crippen molar-refractivity contribution in [3.05, 3.63) is 70.0 Å². The van der Waals surface area contributed by atoms with Gasteiger partial charge in [0, 0.05) is 5.56 Å². The number of rotatable bonds is 3. The van der Waals surface area contributed by atoms with Crippen molar-refractivity contribution in [1.82, 2.24) is 0 Å². The van der Waals surface area contributed by atoms with Gasteiger partial charge in [0.15, 0.2) is 0 Å². The van der Waals surface area contributed by atoms with Crippen molar-refractivity contribution in [3.8, 4) is 0 Å². The van der Waals surface area contributed by atoms with Crippen LogP contribution in [0.4, 0.5) is 4.39 Å². The number of nitrogens with two attached hydrogens (primary N) is 1. The average Bonchev–Trinajstić information content (AvgIpc) is 2.40. The highest BCUT2D eigenvalue weighted by molar-refractivity contribution is 6.30. The Balaban J connectivity index is 2.02. The first kappa shape index (κ1) is 13.6. The first-order valence-electron chi connectivity index (χ1n) is 6.97. The summed E-state index contributed by atoms with van der Waals surface area (Å²) in [5.41, 5.74) is 9.03. The van der Waals surface area contributed by atoms with Gasteiger partial charge in [-0.15, -0.1) is 0 Å². The Labute approximate surface area is 123 Å². The van der Waals surface area contributed by atoms with Crippen LogP contribution in [0.15, 0.2) is 42.5 Å². The van der Waals surface area contributed by atoms with Crippen LogP contribution in [0.3, 0.4) is 0 Å². The van der Waals surface area contributed by atoms with E-state index in [0.29, 0.717) is 11.5 Å². The van der Waals surface area contributed by atoms with Gasteiger partial charge in [-0.3, -0.25) is 0 Å². The average molecular weight is 290 g/mol. The Kier molecular flexibility index (Phi) is 3.77. The lowest BCUT2D eigenvalue weighted by atomic mass is 9.76. The van der Waals surface area contributed by atoms with Gasteiger partial charge in [-0.05, 0) is 36.0 Å². The van der Waals surface area contributed by atoms with Crippen LogP contribution < -0.4 is 5.73 Å². The van der Waals surface area contributed by atoms with Crippen molar-refractivity contribution in [3.63, 3.8) is 0 Å². The fourth-order valence-electron chi connectivity index (χ4n) is 2.81. The maximum Gasteiger partial charge on any atom is 0.146 e. The van der Waals surface area contributed by atoms with E-state index in [1.54, 1.807) is 18.2 Å². The number of benzene rings is 2. The second-order valence-electron chi connectivity index (χ2n) is 5.38. The zero-order valence-electron chi connectivity index (χ0n) is 11.2. The third kappa shape index (κ3) is 2.34. The van der Waals surface area contributed by atoms with Gasteiger partial charge in [-0.25, -0.2) is 4.39 Å². The Hall–Kier alpha value is -1.38. The molecule has 0 saturated heterocycles. The molecule has 1 nitrogen and oxygen atoms in total. The van der Waals surface area contributed by atoms with Gasteiger partial charge in [0.1, 0.15) is 5.82 Å². The smallest absolute Gasteiger partial charge is 0.146 e. The minimum absolute atomic E-state index is 0.124. The van der Waals surface area contributed by atoms with Gasteiger partial charge >= 0.3 is 0 Å². The number of hydrogen-bond acceptors (Lipinski definition) is 1. The van der Waals surface area contributed by atoms with Gasteiger partial charge in [0.05, 0.1) is 11.1 Å². The fourth-order valence-corrected chi connectivity index (χ4v) is 3.00. The molecule has 104 valence electrons. The third-order valence-corrected chi connectivity index (χ3v) is 4.48. The van der Waals surface area contributed by atoms with Crippen LogP contribution >= 0.6 is 11.6 Å². The topological polar surface area (TPSA) is 26.0 Å². The van der Waals surface area contributed by atoms with Crippen molar-refractivity contribution < 1.29 is 4.39 Å². The monoisotopic (exact) mass is 289 g/mol. The molecule has 3 heteroatoms. The van der Waals surface area contributed by atoms with Crippen LogP contribution in [0.1, 0.15) is 47.9 Å². The number of hydrogen-bond donors (Lipinski definition) is 1. The molecule has 2 aromatic rings. The summed E-state index contributed by atoms with van der Waals surface area (Å²) in [6, 6.07) is 12.6. The summed E-state index contributed by atoms with van der Waals surface area (Å²) >= 11 is 5.86. The second kappa shape index (κ2) is 5.55. The van der Waals surface area contributed by atoms with Gasteiger partial charge in [-0.1, -0.05) is 54.4 Å². The Morgan fingerprint density at radius 3 is 2.45 bits per heavy atom. The summed E-state index contributed by atoms with van der Waals surface area (Å²) in [6.45, 7) is 0. The molecule has 0 spiro atoms. The summed E-state index contributed by atoms with van der Waals surface area (Å²) in [7, 11) is 0. The molecule has 0 heterocycles. The maximum atomic E-state index is 14.2. The first-order valence-corrected chi connectivity index (χ1v) is 7.34. The Morgan fingerprint density at radius 2 is 1.75 bits per heavy atom. The van der Waals surface area contributed by atoms with Gasteiger partial charge in [-0.2, -0.15) is 0 Å². The highest BCUT2D eigenvalue weighted by atomic mass is 35.5. The summed E-state index contributed by atoms with van der Waals surface area (Å²) < 4.78 is 14.2. The molecule has 0 aliphatic heterocycles. The van der Waals surface area contributed by atoms with Crippen molar-refractivity contribution >= 4 is 11.6 Å². The molecule has 1 atom stereocenters. The lowest BCUT2D eigenvalue weighted by Crippen LogP contribution is -2.19. The zero-order valence-corrected chi connectivity index (χ0v) is 11.9. The quantitative estimate of drug-likeness (QED) is 0.863. The number of halogens is 2. The van der Waals surface area contributed by atoms with Crippen LogP contribution in [0.5, 0.6) is 0 Å². The predicted octanol–water partition coefficient (Wildman–Crippen LogP) is 4.79. The van der Waals surface area contributed by atoms with Crippen LogP contribution in [-0.4, -0.2) is 0 Å². The molecule has 0 aromatic heterocycles. The van der Waals surface area contributed by atoms with E-state index in [4.69, 9.17) is 17.3 Å². The molecule has 1 fully saturated rings. The van der Waals surface area contributed by atoms with Crippen molar-refractivity contribution in [2.24, 2.45) is 5.73 Å². The summed E-state index contributed by atoms with van der Waals surface area (Å²) in [4.78, 5) is 0. The van der Waals surface area contributed by atoms with E-state index in [2.05, 4.69) is 6.07 Å². The Bertz CT molecular complexity index is 622. The molecule has 0 bridgehead atoms. The first-order chi connectivity index (χ1) is 9.68. The van der Waals surface area contributed by atoms with E-state index in [-0.39, 0.29) is 5.02 Å². The van der Waals surface area contributed by atoms with Gasteiger partial charge in [0.25, 0.3) is 0 Å². The van der Waals surface area contributed by atoms with Gasteiger partial charge < -0.3 is 5.73 Å². The standard InChI is InChI=1S/C17H17ClFN/c18-15-10-4-9-14(16(15)19)17(20)13-8-2-1-7-12(13)11-5-3-6-11/h1-2,4,7-11,17H,3,5-6,20H2. The molecule has 1 aliphatic carbocycles. The molecule has 3 rings (SSSR count). The largest absolute Gasteiger partial charge is 0.320 e. The third-order valence-electron chi connectivity index (χ3n) is 4.19. The van der Waals surface area contributed by atoms with Crippen LogP contribution in [-0.2, 0) is 0 Å². The van der Waals surface area contributed by atoms with E-state index in [0.717, 1.165) is 5.56 Å². The SMILES string of the molecule is NC(c1ccccc1C1CCC1)c1cccc(Cl)c1F. The Morgan fingerprint density at radius 1 is 1.05 bits per heavy atom. The fraction of sp³-hybridized carbons (Fsp3) is 0.294. The maximum absolute atomic E-state index is 14.2. The van der Waals surface area contributed by atoms with E-state index in [9.17, 15) is 4.39 Å². The molecular weight excluding hydrogens is 273 g/mol. The highest BCUT2D eigenvalue weighted by Crippen LogP contribution is 2.40. The van der Waals surface area contributed by atoms with Crippen LogP contribution in [0.25, 0.3) is 0 Å². The lowest BCUT2D eigenvalue weighted by molar-refractivity contribution is 0.416. The molecule has 1 saturated carbocycles. The van der Waals surface area contributed by atoms with Crippen LogP contribution in [0.2, 0.25) is 5.02 Å². The highest BCUT2D eigenvalue weighted by Gasteiger charge is 2.25. The molecule has 0 radical (unpaired) electrons. The lowest BCUT2D eigenvalue weighted by Gasteiger charge is -2.29.